The number of ketones is 1. The van der Waals surface area contributed by atoms with Crippen LogP contribution >= 0.6 is 11.3 Å². The van der Waals surface area contributed by atoms with Gasteiger partial charge in [-0.05, 0) is 37.8 Å². The predicted octanol–water partition coefficient (Wildman–Crippen LogP) is 3.57. The molecule has 8 heteroatoms. The van der Waals surface area contributed by atoms with E-state index in [0.717, 1.165) is 23.3 Å². The SMILES string of the molecule is Cc1oc2c(c1C(=O)N1CCC3(CC1)OCCc1sc(C(=O)O)cc13)C(=O)CCC2. The van der Waals surface area contributed by atoms with E-state index in [4.69, 9.17) is 9.15 Å². The number of amides is 1. The minimum atomic E-state index is -0.915. The molecule has 2 aliphatic heterocycles. The first-order valence-electron chi connectivity index (χ1n) is 10.3. The van der Waals surface area contributed by atoms with Gasteiger partial charge < -0.3 is 19.2 Å². The number of furan rings is 1. The van der Waals surface area contributed by atoms with Crippen LogP contribution in [0.25, 0.3) is 0 Å². The highest BCUT2D eigenvalue weighted by Gasteiger charge is 2.44. The zero-order valence-corrected chi connectivity index (χ0v) is 17.6. The monoisotopic (exact) mass is 429 g/mol. The molecule has 0 unspecified atom stereocenters. The maximum Gasteiger partial charge on any atom is 0.345 e. The molecule has 1 fully saturated rings. The predicted molar refractivity (Wildman–Crippen MR) is 108 cm³/mol. The van der Waals surface area contributed by atoms with Crippen molar-refractivity contribution >= 4 is 29.0 Å². The van der Waals surface area contributed by atoms with Gasteiger partial charge in [-0.25, -0.2) is 4.79 Å². The quantitative estimate of drug-likeness (QED) is 0.784. The molecule has 5 rings (SSSR count). The second kappa shape index (κ2) is 7.06. The molecule has 1 aliphatic carbocycles. The normalized spacial score (nSPS) is 20.2. The second-order valence-corrected chi connectivity index (χ2v) is 9.38. The van der Waals surface area contributed by atoms with Crippen molar-refractivity contribution in [2.75, 3.05) is 19.7 Å². The summed E-state index contributed by atoms with van der Waals surface area (Å²) in [6.07, 6.45) is 3.84. The summed E-state index contributed by atoms with van der Waals surface area (Å²) in [7, 11) is 0. The van der Waals surface area contributed by atoms with Gasteiger partial charge in [-0.15, -0.1) is 11.3 Å². The minimum Gasteiger partial charge on any atom is -0.477 e. The first-order valence-corrected chi connectivity index (χ1v) is 11.2. The van der Waals surface area contributed by atoms with Crippen LogP contribution < -0.4 is 0 Å². The van der Waals surface area contributed by atoms with Gasteiger partial charge in [0.1, 0.15) is 16.4 Å². The van der Waals surface area contributed by atoms with Crippen LogP contribution in [0.5, 0.6) is 0 Å². The van der Waals surface area contributed by atoms with E-state index in [2.05, 4.69) is 0 Å². The van der Waals surface area contributed by atoms with Crippen molar-refractivity contribution in [3.8, 4) is 0 Å². The Morgan fingerprint density at radius 1 is 1.20 bits per heavy atom. The average Bonchev–Trinajstić information content (AvgIpc) is 3.31. The number of hydrogen-bond donors (Lipinski definition) is 1. The topological polar surface area (TPSA) is 97.1 Å². The van der Waals surface area contributed by atoms with Gasteiger partial charge in [0.2, 0.25) is 0 Å². The van der Waals surface area contributed by atoms with Gasteiger partial charge in [-0.3, -0.25) is 9.59 Å². The number of nitrogens with zero attached hydrogens (tertiary/aromatic N) is 1. The van der Waals surface area contributed by atoms with E-state index < -0.39 is 11.6 Å². The van der Waals surface area contributed by atoms with Crippen LogP contribution in [-0.4, -0.2) is 47.4 Å². The fourth-order valence-electron chi connectivity index (χ4n) is 5.03. The third kappa shape index (κ3) is 2.93. The highest BCUT2D eigenvalue weighted by atomic mass is 32.1. The Morgan fingerprint density at radius 3 is 2.70 bits per heavy atom. The minimum absolute atomic E-state index is 0.00958. The number of carboxylic acid groups (broad SMARTS) is 1. The lowest BCUT2D eigenvalue weighted by Crippen LogP contribution is -2.48. The van der Waals surface area contributed by atoms with Gasteiger partial charge >= 0.3 is 5.97 Å². The Morgan fingerprint density at radius 2 is 1.97 bits per heavy atom. The lowest BCUT2D eigenvalue weighted by molar-refractivity contribution is -0.0926. The van der Waals surface area contributed by atoms with Gasteiger partial charge in [-0.1, -0.05) is 0 Å². The number of carbonyl (C=O) groups is 3. The Hall–Kier alpha value is -2.45. The van der Waals surface area contributed by atoms with Crippen molar-refractivity contribution in [2.45, 2.75) is 51.0 Å². The van der Waals surface area contributed by atoms with Crippen molar-refractivity contribution in [3.63, 3.8) is 0 Å². The van der Waals surface area contributed by atoms with E-state index in [1.54, 1.807) is 17.9 Å². The Labute approximate surface area is 177 Å². The number of aromatic carboxylic acids is 1. The number of rotatable bonds is 2. The summed E-state index contributed by atoms with van der Waals surface area (Å²) in [6, 6.07) is 1.74. The van der Waals surface area contributed by atoms with Crippen LogP contribution in [0.4, 0.5) is 0 Å². The van der Waals surface area contributed by atoms with Gasteiger partial charge in [0.25, 0.3) is 5.91 Å². The first kappa shape index (κ1) is 19.5. The Kier molecular flexibility index (Phi) is 4.59. The molecule has 0 atom stereocenters. The lowest BCUT2D eigenvalue weighted by Gasteiger charge is -2.44. The number of aryl methyl sites for hydroxylation is 2. The first-order chi connectivity index (χ1) is 14.4. The Balaban J connectivity index is 1.39. The molecule has 0 bridgehead atoms. The smallest absolute Gasteiger partial charge is 0.345 e. The van der Waals surface area contributed by atoms with Gasteiger partial charge in [0.05, 0.1) is 23.3 Å². The fourth-order valence-corrected chi connectivity index (χ4v) is 6.10. The molecule has 1 amide bonds. The Bertz CT molecular complexity index is 1060. The molecule has 3 aliphatic rings. The van der Waals surface area contributed by atoms with Crippen molar-refractivity contribution in [3.05, 3.63) is 44.0 Å². The number of Topliss-reactive ketones (excluding diaryl/α,β-unsaturated/α-hetero) is 1. The molecule has 1 saturated heterocycles. The van der Waals surface area contributed by atoms with E-state index in [9.17, 15) is 19.5 Å². The third-order valence-corrected chi connectivity index (χ3v) is 7.72. The van der Waals surface area contributed by atoms with Crippen molar-refractivity contribution in [1.82, 2.24) is 4.90 Å². The van der Waals surface area contributed by atoms with Crippen LogP contribution in [0.2, 0.25) is 0 Å². The molecule has 158 valence electrons. The molecule has 0 aromatic carbocycles. The van der Waals surface area contributed by atoms with Crippen LogP contribution in [0.1, 0.15) is 78.0 Å². The van der Waals surface area contributed by atoms with Gasteiger partial charge in [-0.2, -0.15) is 0 Å². The maximum absolute atomic E-state index is 13.3. The second-order valence-electron chi connectivity index (χ2n) is 8.25. The van der Waals surface area contributed by atoms with E-state index in [1.165, 1.54) is 11.3 Å². The number of carbonyl (C=O) groups excluding carboxylic acids is 2. The fraction of sp³-hybridized carbons (Fsp3) is 0.500. The average molecular weight is 429 g/mol. The summed E-state index contributed by atoms with van der Waals surface area (Å²) in [5.41, 5.74) is 1.33. The molecule has 30 heavy (non-hydrogen) atoms. The van der Waals surface area contributed by atoms with Crippen molar-refractivity contribution in [1.29, 1.82) is 0 Å². The molecule has 2 aromatic rings. The maximum atomic E-state index is 13.3. The number of fused-ring (bicyclic) bond motifs is 3. The van der Waals surface area contributed by atoms with E-state index in [-0.39, 0.29) is 11.7 Å². The highest BCUT2D eigenvalue weighted by Crippen LogP contribution is 2.45. The summed E-state index contributed by atoms with van der Waals surface area (Å²) in [5.74, 6) is 0.0721. The summed E-state index contributed by atoms with van der Waals surface area (Å²) in [4.78, 5) is 40.4. The summed E-state index contributed by atoms with van der Waals surface area (Å²) in [5, 5.41) is 9.37. The van der Waals surface area contributed by atoms with Gasteiger partial charge in [0.15, 0.2) is 5.78 Å². The number of carboxylic acids is 1. The molecule has 1 N–H and O–H groups in total. The van der Waals surface area contributed by atoms with Crippen molar-refractivity contribution < 1.29 is 28.6 Å². The van der Waals surface area contributed by atoms with E-state index in [1.807, 2.05) is 0 Å². The molecule has 7 nitrogen and oxygen atoms in total. The number of hydrogen-bond acceptors (Lipinski definition) is 6. The zero-order chi connectivity index (χ0) is 21.0. The molecular weight excluding hydrogens is 406 g/mol. The molecule has 4 heterocycles. The summed E-state index contributed by atoms with van der Waals surface area (Å²) < 4.78 is 11.9. The van der Waals surface area contributed by atoms with Gasteiger partial charge in [0, 0.05) is 37.2 Å². The third-order valence-electron chi connectivity index (χ3n) is 6.53. The zero-order valence-electron chi connectivity index (χ0n) is 16.8. The van der Waals surface area contributed by atoms with Crippen LogP contribution in [0.3, 0.4) is 0 Å². The molecule has 2 aromatic heterocycles. The molecule has 1 spiro atoms. The van der Waals surface area contributed by atoms with Crippen LogP contribution in [0.15, 0.2) is 10.5 Å². The van der Waals surface area contributed by atoms with Crippen molar-refractivity contribution in [2.24, 2.45) is 0 Å². The lowest BCUT2D eigenvalue weighted by atomic mass is 9.82. The van der Waals surface area contributed by atoms with Crippen LogP contribution in [-0.2, 0) is 23.2 Å². The summed E-state index contributed by atoms with van der Waals surface area (Å²) in [6.45, 7) is 3.29. The molecule has 0 radical (unpaired) electrons. The number of ether oxygens (including phenoxy) is 1. The number of likely N-dealkylation sites (tertiary alicyclic amines) is 1. The standard InChI is InChI=1S/C22H23NO6S/c1-12-18(19-14(24)3-2-4-15(19)29-12)20(25)23-8-6-22(7-9-23)13-11-17(21(26)27)30-16(13)5-10-28-22/h11H,2-10H2,1H3,(H,26,27). The largest absolute Gasteiger partial charge is 0.477 e. The molecule has 0 saturated carbocycles. The highest BCUT2D eigenvalue weighted by molar-refractivity contribution is 7.14. The van der Waals surface area contributed by atoms with E-state index >= 15 is 0 Å². The number of thiophene rings is 1. The van der Waals surface area contributed by atoms with Crippen LogP contribution in [0, 0.1) is 6.92 Å². The summed E-state index contributed by atoms with van der Waals surface area (Å²) >= 11 is 1.32. The number of piperidine rings is 1. The molecular formula is C22H23NO6S. The van der Waals surface area contributed by atoms with E-state index in [0.29, 0.717) is 72.9 Å².